The maximum atomic E-state index is 13.3. The number of fused-ring (bicyclic) bond motifs is 1. The molecule has 0 unspecified atom stereocenters. The van der Waals surface area contributed by atoms with Gasteiger partial charge in [0.25, 0.3) is 0 Å². The van der Waals surface area contributed by atoms with Crippen LogP contribution in [0.1, 0.15) is 54.4 Å². The van der Waals surface area contributed by atoms with Gasteiger partial charge in [-0.25, -0.2) is 0 Å². The number of alkyl halides is 3. The number of unbranched alkanes of at least 4 members (excludes halogenated alkanes) is 2. The average Bonchev–Trinajstić information content (AvgIpc) is 3.14. The molecule has 0 saturated heterocycles. The molecule has 0 atom stereocenters. The van der Waals surface area contributed by atoms with E-state index in [9.17, 15) is 13.2 Å². The topological polar surface area (TPSA) is 43.9 Å². The van der Waals surface area contributed by atoms with E-state index in [4.69, 9.17) is 0 Å². The maximum Gasteiger partial charge on any atom is 0.416 e. The molecule has 0 bridgehead atoms. The van der Waals surface area contributed by atoms with Crippen LogP contribution in [0.25, 0.3) is 10.9 Å². The number of H-pyrrole nitrogens is 2. The normalized spacial score (nSPS) is 12.5. The number of nitrogens with one attached hydrogen (secondary N) is 2. The number of aromatic nitrogens is 2. The highest BCUT2D eigenvalue weighted by atomic mass is 19.4. The predicted octanol–water partition coefficient (Wildman–Crippen LogP) is 6.61. The second-order valence-electron chi connectivity index (χ2n) is 7.02. The molecule has 2 aromatic heterocycles. The lowest BCUT2D eigenvalue weighted by Gasteiger charge is -2.08. The van der Waals surface area contributed by atoms with Gasteiger partial charge in [0.2, 0.25) is 0 Å². The summed E-state index contributed by atoms with van der Waals surface area (Å²) in [5.41, 5.74) is 4.00. The van der Waals surface area contributed by atoms with E-state index in [0.29, 0.717) is 16.6 Å². The first kappa shape index (κ1) is 19.3. The predicted molar refractivity (Wildman–Crippen MR) is 104 cm³/mol. The van der Waals surface area contributed by atoms with E-state index in [1.165, 1.54) is 6.07 Å². The minimum atomic E-state index is -4.41. The Morgan fingerprint density at radius 3 is 2.44 bits per heavy atom. The van der Waals surface area contributed by atoms with E-state index < -0.39 is 11.7 Å². The van der Waals surface area contributed by atoms with E-state index in [-0.39, 0.29) is 0 Å². The standard InChI is InChI=1S/C21H24F3N3/c1-4-5-6-7-17-10-15-9-16(21(22,23)24)11-18(20(15)27-17)25-12-19-13(2)8-14(3)26-19/h8-12,26-27H,4-7H2,1-3H3/b25-12+. The molecule has 2 N–H and O–H groups in total. The summed E-state index contributed by atoms with van der Waals surface area (Å²) in [5, 5.41) is 0.544. The van der Waals surface area contributed by atoms with Crippen LogP contribution in [0.2, 0.25) is 0 Å². The average molecular weight is 375 g/mol. The Balaban J connectivity index is 2.03. The lowest BCUT2D eigenvalue weighted by molar-refractivity contribution is -0.137. The molecule has 2 heterocycles. The quantitative estimate of drug-likeness (QED) is 0.359. The number of aromatic amines is 2. The molecule has 3 nitrogen and oxygen atoms in total. The Hall–Kier alpha value is -2.50. The lowest BCUT2D eigenvalue weighted by atomic mass is 10.1. The third-order valence-electron chi connectivity index (χ3n) is 4.66. The van der Waals surface area contributed by atoms with Crippen molar-refractivity contribution in [3.63, 3.8) is 0 Å². The van der Waals surface area contributed by atoms with Gasteiger partial charge in [0.05, 0.1) is 28.7 Å². The summed E-state index contributed by atoms with van der Waals surface area (Å²) >= 11 is 0. The van der Waals surface area contributed by atoms with Crippen molar-refractivity contribution in [2.24, 2.45) is 4.99 Å². The lowest BCUT2D eigenvalue weighted by Crippen LogP contribution is -2.04. The zero-order valence-corrected chi connectivity index (χ0v) is 15.8. The zero-order valence-electron chi connectivity index (χ0n) is 15.8. The number of rotatable bonds is 6. The molecule has 27 heavy (non-hydrogen) atoms. The zero-order chi connectivity index (χ0) is 19.6. The van der Waals surface area contributed by atoms with E-state index in [1.54, 1.807) is 6.21 Å². The van der Waals surface area contributed by atoms with Crippen LogP contribution in [0, 0.1) is 13.8 Å². The SMILES string of the molecule is CCCCCc1cc2cc(C(F)(F)F)cc(/N=C/c3[nH]c(C)cc3C)c2[nH]1. The highest BCUT2D eigenvalue weighted by Gasteiger charge is 2.31. The number of halogens is 3. The van der Waals surface area contributed by atoms with Gasteiger partial charge in [-0.2, -0.15) is 13.2 Å². The Labute approximate surface area is 156 Å². The molecule has 3 rings (SSSR count). The molecule has 0 saturated carbocycles. The van der Waals surface area contributed by atoms with Gasteiger partial charge in [-0.1, -0.05) is 19.8 Å². The van der Waals surface area contributed by atoms with Crippen molar-refractivity contribution in [2.75, 3.05) is 0 Å². The van der Waals surface area contributed by atoms with Crippen LogP contribution in [0.3, 0.4) is 0 Å². The first-order valence-corrected chi connectivity index (χ1v) is 9.21. The van der Waals surface area contributed by atoms with Crippen LogP contribution < -0.4 is 0 Å². The molecular formula is C21H24F3N3. The van der Waals surface area contributed by atoms with E-state index in [0.717, 1.165) is 54.4 Å². The number of hydrogen-bond donors (Lipinski definition) is 2. The molecular weight excluding hydrogens is 351 g/mol. The summed E-state index contributed by atoms with van der Waals surface area (Å²) < 4.78 is 39.9. The van der Waals surface area contributed by atoms with E-state index in [2.05, 4.69) is 21.9 Å². The van der Waals surface area contributed by atoms with Gasteiger partial charge < -0.3 is 9.97 Å². The Kier molecular flexibility index (Phi) is 5.44. The molecule has 1 aromatic carbocycles. The van der Waals surface area contributed by atoms with Crippen LogP contribution in [0.5, 0.6) is 0 Å². The fourth-order valence-corrected chi connectivity index (χ4v) is 3.27. The van der Waals surface area contributed by atoms with Gasteiger partial charge in [0.1, 0.15) is 0 Å². The summed E-state index contributed by atoms with van der Waals surface area (Å²) in [7, 11) is 0. The molecule has 144 valence electrons. The van der Waals surface area contributed by atoms with Crippen molar-refractivity contribution in [1.82, 2.24) is 9.97 Å². The largest absolute Gasteiger partial charge is 0.416 e. The molecule has 3 aromatic rings. The third-order valence-corrected chi connectivity index (χ3v) is 4.66. The van der Waals surface area contributed by atoms with Crippen molar-refractivity contribution in [2.45, 2.75) is 52.6 Å². The number of nitrogens with zero attached hydrogens (tertiary/aromatic N) is 1. The van der Waals surface area contributed by atoms with Crippen molar-refractivity contribution in [3.8, 4) is 0 Å². The van der Waals surface area contributed by atoms with Gasteiger partial charge in [-0.05, 0) is 56.5 Å². The van der Waals surface area contributed by atoms with Crippen LogP contribution in [-0.4, -0.2) is 16.2 Å². The van der Waals surface area contributed by atoms with Gasteiger partial charge >= 0.3 is 6.18 Å². The molecule has 0 aliphatic carbocycles. The molecule has 0 spiro atoms. The first-order chi connectivity index (χ1) is 12.8. The number of hydrogen-bond acceptors (Lipinski definition) is 1. The monoisotopic (exact) mass is 375 g/mol. The summed E-state index contributed by atoms with van der Waals surface area (Å²) in [6.45, 7) is 5.99. The second kappa shape index (κ2) is 7.62. The van der Waals surface area contributed by atoms with Gasteiger partial charge in [0.15, 0.2) is 0 Å². The molecule has 0 fully saturated rings. The van der Waals surface area contributed by atoms with Crippen molar-refractivity contribution >= 4 is 22.8 Å². The fourth-order valence-electron chi connectivity index (χ4n) is 3.27. The van der Waals surface area contributed by atoms with Crippen LogP contribution in [0.4, 0.5) is 18.9 Å². The Morgan fingerprint density at radius 2 is 1.81 bits per heavy atom. The molecule has 0 amide bonds. The Bertz CT molecular complexity index is 961. The van der Waals surface area contributed by atoms with Crippen LogP contribution in [-0.2, 0) is 12.6 Å². The van der Waals surface area contributed by atoms with E-state index in [1.807, 2.05) is 26.0 Å². The van der Waals surface area contributed by atoms with Crippen molar-refractivity contribution in [1.29, 1.82) is 0 Å². The highest BCUT2D eigenvalue weighted by Crippen LogP contribution is 2.36. The highest BCUT2D eigenvalue weighted by molar-refractivity contribution is 5.94. The first-order valence-electron chi connectivity index (χ1n) is 9.21. The summed E-state index contributed by atoms with van der Waals surface area (Å²) in [5.74, 6) is 0. The summed E-state index contributed by atoms with van der Waals surface area (Å²) in [6.07, 6.45) is 1.21. The number of aryl methyl sites for hydroxylation is 3. The van der Waals surface area contributed by atoms with Gasteiger partial charge in [-0.15, -0.1) is 0 Å². The van der Waals surface area contributed by atoms with Crippen molar-refractivity contribution in [3.05, 3.63) is 52.5 Å². The van der Waals surface area contributed by atoms with Gasteiger partial charge in [-0.3, -0.25) is 4.99 Å². The van der Waals surface area contributed by atoms with E-state index >= 15 is 0 Å². The molecule has 0 radical (unpaired) electrons. The summed E-state index contributed by atoms with van der Waals surface area (Å²) in [4.78, 5) is 10.8. The molecule has 0 aliphatic rings. The summed E-state index contributed by atoms with van der Waals surface area (Å²) in [6, 6.07) is 6.08. The van der Waals surface area contributed by atoms with Crippen molar-refractivity contribution < 1.29 is 13.2 Å². The minimum Gasteiger partial charge on any atom is -0.358 e. The molecule has 6 heteroatoms. The second-order valence-corrected chi connectivity index (χ2v) is 7.02. The number of benzene rings is 1. The maximum absolute atomic E-state index is 13.3. The van der Waals surface area contributed by atoms with Gasteiger partial charge in [0, 0.05) is 16.8 Å². The smallest absolute Gasteiger partial charge is 0.358 e. The molecule has 0 aliphatic heterocycles. The fraction of sp³-hybridized carbons (Fsp3) is 0.381. The Morgan fingerprint density at radius 1 is 1.04 bits per heavy atom. The number of aliphatic imine (C=N–C) groups is 1. The van der Waals surface area contributed by atoms with Crippen LogP contribution >= 0.6 is 0 Å². The third kappa shape index (κ3) is 4.43. The van der Waals surface area contributed by atoms with Crippen LogP contribution in [0.15, 0.2) is 29.3 Å². The minimum absolute atomic E-state index is 0.299.